The topological polar surface area (TPSA) is 51.1 Å². The van der Waals surface area contributed by atoms with Crippen molar-refractivity contribution < 1.29 is 4.79 Å². The fraction of sp³-hybridized carbons (Fsp3) is 0.167. The van der Waals surface area contributed by atoms with E-state index in [4.69, 9.17) is 0 Å². The molecule has 0 saturated carbocycles. The molecular formula is C24H22N2O2. The van der Waals surface area contributed by atoms with E-state index in [0.717, 1.165) is 21.9 Å². The number of amides is 1. The predicted molar refractivity (Wildman–Crippen MR) is 116 cm³/mol. The molecule has 0 aliphatic heterocycles. The van der Waals surface area contributed by atoms with Crippen LogP contribution in [0.25, 0.3) is 32.8 Å². The highest BCUT2D eigenvalue weighted by Crippen LogP contribution is 2.33. The maximum absolute atomic E-state index is 13.5. The summed E-state index contributed by atoms with van der Waals surface area (Å²) in [6, 6.07) is 21.4. The molecule has 0 spiro atoms. The number of nitrogens with one attached hydrogen (secondary N) is 1. The van der Waals surface area contributed by atoms with E-state index in [2.05, 4.69) is 5.32 Å². The van der Waals surface area contributed by atoms with E-state index in [9.17, 15) is 9.59 Å². The average molecular weight is 370 g/mol. The fourth-order valence-electron chi connectivity index (χ4n) is 3.59. The van der Waals surface area contributed by atoms with Gasteiger partial charge in [0, 0.05) is 18.4 Å². The van der Waals surface area contributed by atoms with Crippen molar-refractivity contribution in [1.29, 1.82) is 0 Å². The number of para-hydroxylation sites is 1. The first-order chi connectivity index (χ1) is 13.5. The molecule has 1 amide bonds. The molecule has 0 atom stereocenters. The van der Waals surface area contributed by atoms with Crippen LogP contribution in [-0.2, 0) is 11.8 Å². The number of aromatic nitrogens is 1. The Bertz CT molecular complexity index is 1260. The van der Waals surface area contributed by atoms with Crippen molar-refractivity contribution in [3.05, 3.63) is 77.0 Å². The molecule has 0 unspecified atom stereocenters. The molecule has 4 nitrogen and oxygen atoms in total. The Labute approximate surface area is 163 Å². The third-order valence-electron chi connectivity index (χ3n) is 5.13. The third kappa shape index (κ3) is 2.87. The van der Waals surface area contributed by atoms with Crippen molar-refractivity contribution in [3.8, 4) is 11.1 Å². The predicted octanol–water partition coefficient (Wildman–Crippen LogP) is 4.95. The van der Waals surface area contributed by atoms with E-state index >= 15 is 0 Å². The molecule has 0 radical (unpaired) electrons. The summed E-state index contributed by atoms with van der Waals surface area (Å²) < 4.78 is 1.90. The van der Waals surface area contributed by atoms with E-state index in [0.29, 0.717) is 16.8 Å². The molecule has 0 aliphatic rings. The van der Waals surface area contributed by atoms with Crippen molar-refractivity contribution in [1.82, 2.24) is 4.57 Å². The van der Waals surface area contributed by atoms with Gasteiger partial charge in [-0.1, -0.05) is 68.4 Å². The number of nitrogens with zero attached hydrogens (tertiary/aromatic N) is 1. The summed E-state index contributed by atoms with van der Waals surface area (Å²) in [5.74, 6) is 0.215. The molecule has 28 heavy (non-hydrogen) atoms. The number of fused-ring (bicyclic) bond motifs is 2. The summed E-state index contributed by atoms with van der Waals surface area (Å²) in [5, 5.41) is 5.67. The molecule has 0 fully saturated rings. The van der Waals surface area contributed by atoms with Crippen LogP contribution in [0.3, 0.4) is 0 Å². The Kier molecular flexibility index (Phi) is 4.47. The zero-order chi connectivity index (χ0) is 19.8. The molecule has 4 aromatic rings. The molecule has 0 saturated heterocycles. The van der Waals surface area contributed by atoms with Crippen molar-refractivity contribution in [2.45, 2.75) is 13.8 Å². The molecular weight excluding hydrogens is 348 g/mol. The Morgan fingerprint density at radius 1 is 0.893 bits per heavy atom. The molecule has 140 valence electrons. The standard InChI is InChI=1S/C24H22N2O2/c1-15(2)24(28)25-23-21(18-13-8-10-16-9-4-5-11-17(16)18)22(27)19-12-6-7-14-20(19)26(23)3/h4-15H,1-3H3,(H,25,28). The lowest BCUT2D eigenvalue weighted by atomic mass is 9.96. The summed E-state index contributed by atoms with van der Waals surface area (Å²) in [6.07, 6.45) is 0. The molecule has 1 aromatic heterocycles. The maximum Gasteiger partial charge on any atom is 0.228 e. The van der Waals surface area contributed by atoms with Gasteiger partial charge in [0.05, 0.1) is 11.1 Å². The first-order valence-electron chi connectivity index (χ1n) is 9.39. The summed E-state index contributed by atoms with van der Waals surface area (Å²) >= 11 is 0. The van der Waals surface area contributed by atoms with Gasteiger partial charge < -0.3 is 9.88 Å². The van der Waals surface area contributed by atoms with Gasteiger partial charge >= 0.3 is 0 Å². The van der Waals surface area contributed by atoms with Gasteiger partial charge in [0.25, 0.3) is 0 Å². The summed E-state index contributed by atoms with van der Waals surface area (Å²) in [4.78, 5) is 26.1. The van der Waals surface area contributed by atoms with Crippen LogP contribution < -0.4 is 10.7 Å². The fourth-order valence-corrected chi connectivity index (χ4v) is 3.59. The third-order valence-corrected chi connectivity index (χ3v) is 5.13. The Morgan fingerprint density at radius 3 is 2.29 bits per heavy atom. The SMILES string of the molecule is CC(C)C(=O)Nc1c(-c2cccc3ccccc23)c(=O)c2ccccc2n1C. The van der Waals surface area contributed by atoms with Crippen molar-refractivity contribution in [2.24, 2.45) is 13.0 Å². The van der Waals surface area contributed by atoms with Crippen LogP contribution in [-0.4, -0.2) is 10.5 Å². The number of carbonyl (C=O) groups is 1. The van der Waals surface area contributed by atoms with E-state index in [1.165, 1.54) is 0 Å². The number of aryl methyl sites for hydroxylation is 1. The van der Waals surface area contributed by atoms with Gasteiger partial charge in [0.1, 0.15) is 5.82 Å². The minimum Gasteiger partial charge on any atom is -0.330 e. The zero-order valence-corrected chi connectivity index (χ0v) is 16.2. The normalized spacial score (nSPS) is 11.3. The second kappa shape index (κ2) is 6.97. The lowest BCUT2D eigenvalue weighted by Gasteiger charge is -2.20. The number of pyridine rings is 1. The van der Waals surface area contributed by atoms with Gasteiger partial charge in [0.2, 0.25) is 5.91 Å². The highest BCUT2D eigenvalue weighted by atomic mass is 16.2. The molecule has 1 heterocycles. The van der Waals surface area contributed by atoms with Gasteiger partial charge in [-0.2, -0.15) is 0 Å². The largest absolute Gasteiger partial charge is 0.330 e. The molecule has 1 N–H and O–H groups in total. The van der Waals surface area contributed by atoms with Crippen LogP contribution in [0.4, 0.5) is 5.82 Å². The maximum atomic E-state index is 13.5. The van der Waals surface area contributed by atoms with E-state index in [-0.39, 0.29) is 17.3 Å². The monoisotopic (exact) mass is 370 g/mol. The number of benzene rings is 3. The Hall–Kier alpha value is -3.40. The van der Waals surface area contributed by atoms with E-state index < -0.39 is 0 Å². The lowest BCUT2D eigenvalue weighted by Crippen LogP contribution is -2.24. The van der Waals surface area contributed by atoms with Crippen molar-refractivity contribution in [2.75, 3.05) is 5.32 Å². The van der Waals surface area contributed by atoms with Gasteiger partial charge in [-0.25, -0.2) is 0 Å². The zero-order valence-electron chi connectivity index (χ0n) is 16.2. The summed E-state index contributed by atoms with van der Waals surface area (Å²) in [6.45, 7) is 3.68. The highest BCUT2D eigenvalue weighted by molar-refractivity contribution is 6.04. The van der Waals surface area contributed by atoms with E-state index in [1.807, 2.05) is 92.2 Å². The van der Waals surface area contributed by atoms with E-state index in [1.54, 1.807) is 0 Å². The lowest BCUT2D eigenvalue weighted by molar-refractivity contribution is -0.118. The molecule has 4 heteroatoms. The molecule has 0 bridgehead atoms. The average Bonchev–Trinajstić information content (AvgIpc) is 2.71. The van der Waals surface area contributed by atoms with Crippen LogP contribution in [0.2, 0.25) is 0 Å². The minimum absolute atomic E-state index is 0.0795. The Balaban J connectivity index is 2.13. The van der Waals surface area contributed by atoms with Crippen molar-refractivity contribution >= 4 is 33.4 Å². The van der Waals surface area contributed by atoms with Crippen LogP contribution in [0, 0.1) is 5.92 Å². The van der Waals surface area contributed by atoms with Crippen LogP contribution in [0.1, 0.15) is 13.8 Å². The van der Waals surface area contributed by atoms with Crippen LogP contribution in [0.15, 0.2) is 71.5 Å². The van der Waals surface area contributed by atoms with Gasteiger partial charge in [-0.05, 0) is 28.5 Å². The van der Waals surface area contributed by atoms with Crippen LogP contribution >= 0.6 is 0 Å². The summed E-state index contributed by atoms with van der Waals surface area (Å²) in [5.41, 5.74) is 2.05. The molecule has 4 rings (SSSR count). The minimum atomic E-state index is -0.193. The molecule has 3 aromatic carbocycles. The van der Waals surface area contributed by atoms with Crippen LogP contribution in [0.5, 0.6) is 0 Å². The quantitative estimate of drug-likeness (QED) is 0.554. The van der Waals surface area contributed by atoms with Crippen molar-refractivity contribution in [3.63, 3.8) is 0 Å². The second-order valence-corrected chi connectivity index (χ2v) is 7.30. The number of hydrogen-bond donors (Lipinski definition) is 1. The second-order valence-electron chi connectivity index (χ2n) is 7.30. The van der Waals surface area contributed by atoms with Gasteiger partial charge in [-0.15, -0.1) is 0 Å². The number of carbonyl (C=O) groups excluding carboxylic acids is 1. The Morgan fingerprint density at radius 2 is 1.54 bits per heavy atom. The number of hydrogen-bond acceptors (Lipinski definition) is 2. The number of anilines is 1. The molecule has 0 aliphatic carbocycles. The first kappa shape index (κ1) is 18.0. The van der Waals surface area contributed by atoms with Gasteiger partial charge in [-0.3, -0.25) is 9.59 Å². The summed E-state index contributed by atoms with van der Waals surface area (Å²) in [7, 11) is 1.88. The first-order valence-corrected chi connectivity index (χ1v) is 9.39. The highest BCUT2D eigenvalue weighted by Gasteiger charge is 2.20. The smallest absolute Gasteiger partial charge is 0.228 e. The van der Waals surface area contributed by atoms with Gasteiger partial charge in [0.15, 0.2) is 5.43 Å². The number of rotatable bonds is 3.